The van der Waals surface area contributed by atoms with Crippen molar-refractivity contribution >= 4 is 0 Å². The van der Waals surface area contributed by atoms with E-state index >= 15 is 0 Å². The number of hydrogen-bond acceptors (Lipinski definition) is 3. The van der Waals surface area contributed by atoms with Crippen LogP contribution in [-0.2, 0) is 13.0 Å². The quantitative estimate of drug-likeness (QED) is 0.879. The minimum absolute atomic E-state index is 0.397. The first-order valence-corrected chi connectivity index (χ1v) is 7.24. The van der Waals surface area contributed by atoms with E-state index in [1.165, 1.54) is 11.1 Å². The molecule has 0 radical (unpaired) electrons. The molecule has 0 spiro atoms. The highest BCUT2D eigenvalue weighted by Gasteiger charge is 2.10. The Hall–Kier alpha value is -1.68. The summed E-state index contributed by atoms with van der Waals surface area (Å²) in [6.45, 7) is 9.42. The number of rotatable bonds is 6. The summed E-state index contributed by atoms with van der Waals surface area (Å²) < 4.78 is 2.10. The van der Waals surface area contributed by atoms with E-state index in [0.29, 0.717) is 12.1 Å². The maximum Gasteiger partial charge on any atom is 0.147 e. The highest BCUT2D eigenvalue weighted by atomic mass is 15.3. The monoisotopic (exact) mass is 272 g/mol. The van der Waals surface area contributed by atoms with Crippen LogP contribution in [0.3, 0.4) is 0 Å². The third-order valence-corrected chi connectivity index (χ3v) is 3.60. The highest BCUT2D eigenvalue weighted by Crippen LogP contribution is 2.10. The van der Waals surface area contributed by atoms with E-state index in [1.54, 1.807) is 6.33 Å². The maximum atomic E-state index is 4.18. The summed E-state index contributed by atoms with van der Waals surface area (Å²) in [7, 11) is 0. The molecule has 1 aromatic heterocycles. The second kappa shape index (κ2) is 6.66. The van der Waals surface area contributed by atoms with E-state index in [0.717, 1.165) is 18.8 Å². The van der Waals surface area contributed by atoms with Gasteiger partial charge < -0.3 is 9.88 Å². The molecule has 0 aliphatic heterocycles. The van der Waals surface area contributed by atoms with Crippen LogP contribution in [0.1, 0.15) is 43.8 Å². The van der Waals surface area contributed by atoms with Crippen molar-refractivity contribution in [2.45, 2.75) is 52.7 Å². The van der Waals surface area contributed by atoms with Crippen molar-refractivity contribution in [3.05, 3.63) is 47.5 Å². The summed E-state index contributed by atoms with van der Waals surface area (Å²) in [5.41, 5.74) is 2.75. The van der Waals surface area contributed by atoms with Crippen molar-refractivity contribution in [1.29, 1.82) is 0 Å². The predicted octanol–water partition coefficient (Wildman–Crippen LogP) is 2.89. The summed E-state index contributed by atoms with van der Waals surface area (Å²) >= 11 is 0. The Morgan fingerprint density at radius 2 is 1.95 bits per heavy atom. The second-order valence-electron chi connectivity index (χ2n) is 5.66. The number of nitrogens with zero attached hydrogens (tertiary/aromatic N) is 3. The van der Waals surface area contributed by atoms with Gasteiger partial charge in [0.25, 0.3) is 0 Å². The summed E-state index contributed by atoms with van der Waals surface area (Å²) in [6, 6.07) is 9.36. The average Bonchev–Trinajstić information content (AvgIpc) is 2.88. The largest absolute Gasteiger partial charge is 0.314 e. The van der Waals surface area contributed by atoms with Gasteiger partial charge in [-0.05, 0) is 45.2 Å². The van der Waals surface area contributed by atoms with Gasteiger partial charge in [-0.2, -0.15) is 0 Å². The lowest BCUT2D eigenvalue weighted by Crippen LogP contribution is -2.29. The standard InChI is InChI=1S/C16H24N4/c1-12(2)20-11-18-19-16(20)10-17-14(4)9-15-8-6-5-7-13(15)3/h5-8,11-12,14,17H,9-10H2,1-4H3/t14-/m0/s1. The van der Waals surface area contributed by atoms with Crippen LogP contribution >= 0.6 is 0 Å². The normalized spacial score (nSPS) is 12.8. The molecule has 20 heavy (non-hydrogen) atoms. The fraction of sp³-hybridized carbons (Fsp3) is 0.500. The molecule has 0 unspecified atom stereocenters. The van der Waals surface area contributed by atoms with Gasteiger partial charge in [-0.3, -0.25) is 0 Å². The van der Waals surface area contributed by atoms with Gasteiger partial charge in [-0.15, -0.1) is 10.2 Å². The first kappa shape index (κ1) is 14.7. The van der Waals surface area contributed by atoms with Crippen LogP contribution in [0.5, 0.6) is 0 Å². The molecule has 1 atom stereocenters. The maximum absolute atomic E-state index is 4.18. The molecule has 0 fully saturated rings. The van der Waals surface area contributed by atoms with E-state index in [2.05, 4.69) is 72.0 Å². The number of nitrogens with one attached hydrogen (secondary N) is 1. The van der Waals surface area contributed by atoms with Gasteiger partial charge in [-0.25, -0.2) is 0 Å². The number of hydrogen-bond donors (Lipinski definition) is 1. The third-order valence-electron chi connectivity index (χ3n) is 3.60. The molecular weight excluding hydrogens is 248 g/mol. The van der Waals surface area contributed by atoms with Crippen LogP contribution in [0.4, 0.5) is 0 Å². The van der Waals surface area contributed by atoms with Gasteiger partial charge in [-0.1, -0.05) is 24.3 Å². The van der Waals surface area contributed by atoms with Crippen molar-refractivity contribution in [3.8, 4) is 0 Å². The summed E-state index contributed by atoms with van der Waals surface area (Å²) in [5.74, 6) is 0.997. The van der Waals surface area contributed by atoms with Crippen LogP contribution in [0, 0.1) is 6.92 Å². The van der Waals surface area contributed by atoms with Crippen LogP contribution in [0.2, 0.25) is 0 Å². The van der Waals surface area contributed by atoms with Gasteiger partial charge in [0.15, 0.2) is 0 Å². The molecule has 0 aliphatic carbocycles. The van der Waals surface area contributed by atoms with Crippen molar-refractivity contribution < 1.29 is 0 Å². The lowest BCUT2D eigenvalue weighted by molar-refractivity contribution is 0.496. The molecule has 4 nitrogen and oxygen atoms in total. The number of aryl methyl sites for hydroxylation is 1. The Morgan fingerprint density at radius 1 is 1.20 bits per heavy atom. The van der Waals surface area contributed by atoms with Crippen LogP contribution in [0.25, 0.3) is 0 Å². The predicted molar refractivity (Wildman–Crippen MR) is 81.6 cm³/mol. The van der Waals surface area contributed by atoms with Crippen molar-refractivity contribution in [3.63, 3.8) is 0 Å². The minimum atomic E-state index is 0.397. The second-order valence-corrected chi connectivity index (χ2v) is 5.66. The molecule has 0 saturated carbocycles. The molecule has 0 aliphatic rings. The number of benzene rings is 1. The molecule has 0 amide bonds. The molecule has 2 rings (SSSR count). The summed E-state index contributed by atoms with van der Waals surface area (Å²) in [6.07, 6.45) is 2.83. The molecule has 0 saturated heterocycles. The van der Waals surface area contributed by atoms with Gasteiger partial charge in [0, 0.05) is 12.1 Å². The number of aromatic nitrogens is 3. The Bertz CT molecular complexity index is 545. The Morgan fingerprint density at radius 3 is 2.65 bits per heavy atom. The zero-order valence-corrected chi connectivity index (χ0v) is 12.8. The zero-order chi connectivity index (χ0) is 14.5. The fourth-order valence-corrected chi connectivity index (χ4v) is 2.33. The van der Waals surface area contributed by atoms with Crippen molar-refractivity contribution in [1.82, 2.24) is 20.1 Å². The fourth-order valence-electron chi connectivity index (χ4n) is 2.33. The smallest absolute Gasteiger partial charge is 0.147 e. The van der Waals surface area contributed by atoms with Gasteiger partial charge >= 0.3 is 0 Å². The Labute approximate surface area is 121 Å². The first-order valence-electron chi connectivity index (χ1n) is 7.24. The minimum Gasteiger partial charge on any atom is -0.314 e. The lowest BCUT2D eigenvalue weighted by atomic mass is 10.0. The molecule has 0 bridgehead atoms. The van der Waals surface area contributed by atoms with E-state index in [9.17, 15) is 0 Å². The van der Waals surface area contributed by atoms with Gasteiger partial charge in [0.1, 0.15) is 12.2 Å². The molecule has 2 aromatic rings. The van der Waals surface area contributed by atoms with Crippen LogP contribution in [0.15, 0.2) is 30.6 Å². The zero-order valence-electron chi connectivity index (χ0n) is 12.8. The Balaban J connectivity index is 1.91. The summed E-state index contributed by atoms with van der Waals surface area (Å²) in [5, 5.41) is 11.7. The lowest BCUT2D eigenvalue weighted by Gasteiger charge is -2.16. The van der Waals surface area contributed by atoms with Crippen molar-refractivity contribution in [2.24, 2.45) is 0 Å². The molecular formula is C16H24N4. The van der Waals surface area contributed by atoms with Crippen LogP contribution in [-0.4, -0.2) is 20.8 Å². The van der Waals surface area contributed by atoms with E-state index in [1.807, 2.05) is 0 Å². The van der Waals surface area contributed by atoms with E-state index in [4.69, 9.17) is 0 Å². The highest BCUT2D eigenvalue weighted by molar-refractivity contribution is 5.26. The van der Waals surface area contributed by atoms with Gasteiger partial charge in [0.2, 0.25) is 0 Å². The topological polar surface area (TPSA) is 42.7 Å². The van der Waals surface area contributed by atoms with Crippen molar-refractivity contribution in [2.75, 3.05) is 0 Å². The Kier molecular flexibility index (Phi) is 4.90. The summed E-state index contributed by atoms with van der Waals surface area (Å²) in [4.78, 5) is 0. The van der Waals surface area contributed by atoms with Crippen LogP contribution < -0.4 is 5.32 Å². The third kappa shape index (κ3) is 3.67. The average molecular weight is 272 g/mol. The van der Waals surface area contributed by atoms with E-state index in [-0.39, 0.29) is 0 Å². The van der Waals surface area contributed by atoms with Gasteiger partial charge in [0.05, 0.1) is 6.54 Å². The molecule has 1 heterocycles. The molecule has 108 valence electrons. The SMILES string of the molecule is Cc1ccccc1C[C@H](C)NCc1nncn1C(C)C. The molecule has 1 N–H and O–H groups in total. The molecule has 4 heteroatoms. The first-order chi connectivity index (χ1) is 9.58. The molecule has 1 aromatic carbocycles. The van der Waals surface area contributed by atoms with E-state index < -0.39 is 0 Å².